The lowest BCUT2D eigenvalue weighted by Crippen LogP contribution is -2.40. The molecule has 2 aliphatic heterocycles. The predicted molar refractivity (Wildman–Crippen MR) is 63.3 cm³/mol. The normalized spacial score (nSPS) is 19.7. The zero-order chi connectivity index (χ0) is 10.8. The van der Waals surface area contributed by atoms with Crippen LogP contribution in [0.4, 0.5) is 0 Å². The molecule has 2 rings (SSSR count). The highest BCUT2D eigenvalue weighted by Crippen LogP contribution is 2.19. The van der Waals surface area contributed by atoms with Crippen molar-refractivity contribution >= 4 is 17.9 Å². The van der Waals surface area contributed by atoms with Crippen molar-refractivity contribution in [2.45, 2.75) is 27.2 Å². The van der Waals surface area contributed by atoms with Gasteiger partial charge in [0.1, 0.15) is 0 Å². The van der Waals surface area contributed by atoms with Gasteiger partial charge >= 0.3 is 0 Å². The Balaban J connectivity index is 2.32. The summed E-state index contributed by atoms with van der Waals surface area (Å²) in [7, 11) is 0. The quantitative estimate of drug-likeness (QED) is 0.678. The third-order valence-electron chi connectivity index (χ3n) is 2.62. The fourth-order valence-corrected chi connectivity index (χ4v) is 1.64. The van der Waals surface area contributed by atoms with E-state index in [1.165, 1.54) is 0 Å². The number of hydrogen-bond donors (Lipinski definition) is 0. The number of fused-ring (bicyclic) bond motifs is 1. The minimum atomic E-state index is 0.432. The first kappa shape index (κ1) is 10.1. The molecule has 0 aromatic rings. The van der Waals surface area contributed by atoms with E-state index in [0.717, 1.165) is 30.1 Å². The van der Waals surface area contributed by atoms with E-state index >= 15 is 0 Å². The van der Waals surface area contributed by atoms with Gasteiger partial charge in [-0.3, -0.25) is 0 Å². The maximum atomic E-state index is 4.28. The molecular weight excluding hydrogens is 188 g/mol. The molecule has 0 saturated carbocycles. The molecule has 0 atom stereocenters. The Kier molecular flexibility index (Phi) is 2.66. The lowest BCUT2D eigenvalue weighted by molar-refractivity contribution is 0.658. The second kappa shape index (κ2) is 3.96. The molecule has 4 heteroatoms. The summed E-state index contributed by atoms with van der Waals surface area (Å²) in [6.07, 6.45) is 4.66. The van der Waals surface area contributed by atoms with Gasteiger partial charge in [0.05, 0.1) is 18.6 Å². The Morgan fingerprint density at radius 1 is 1.40 bits per heavy atom. The van der Waals surface area contributed by atoms with E-state index in [0.29, 0.717) is 5.92 Å². The highest BCUT2D eigenvalue weighted by molar-refractivity contribution is 6.10. The Hall–Kier alpha value is -1.45. The predicted octanol–water partition coefficient (Wildman–Crippen LogP) is 2.05. The zero-order valence-corrected chi connectivity index (χ0v) is 9.44. The van der Waals surface area contributed by atoms with Crippen LogP contribution in [0.1, 0.15) is 27.2 Å². The second-order valence-electron chi connectivity index (χ2n) is 4.07. The summed E-state index contributed by atoms with van der Waals surface area (Å²) in [6.45, 7) is 7.21. The lowest BCUT2D eigenvalue weighted by atomic mass is 10.0. The van der Waals surface area contributed by atoms with E-state index in [9.17, 15) is 0 Å². The first-order valence-electron chi connectivity index (χ1n) is 5.36. The van der Waals surface area contributed by atoms with Gasteiger partial charge in [-0.2, -0.15) is 5.10 Å². The molecule has 0 radical (unpaired) electrons. The Labute approximate surface area is 90.1 Å². The smallest absolute Gasteiger partial charge is 0.161 e. The maximum Gasteiger partial charge on any atom is 0.161 e. The van der Waals surface area contributed by atoms with Gasteiger partial charge in [0.25, 0.3) is 0 Å². The molecule has 0 spiro atoms. The largest absolute Gasteiger partial charge is 0.310 e. The average Bonchev–Trinajstić information content (AvgIpc) is 2.27. The molecule has 80 valence electrons. The highest BCUT2D eigenvalue weighted by atomic mass is 15.4. The van der Waals surface area contributed by atoms with Crippen LogP contribution in [-0.2, 0) is 0 Å². The van der Waals surface area contributed by atoms with Crippen LogP contribution in [-0.4, -0.2) is 29.3 Å². The highest BCUT2D eigenvalue weighted by Gasteiger charge is 2.23. The molecule has 0 N–H and O–H groups in total. The van der Waals surface area contributed by atoms with Crippen molar-refractivity contribution in [2.75, 3.05) is 6.54 Å². The van der Waals surface area contributed by atoms with Crippen LogP contribution in [0.15, 0.2) is 27.0 Å². The molecule has 0 unspecified atom stereocenters. The van der Waals surface area contributed by atoms with Gasteiger partial charge in [-0.15, -0.1) is 5.10 Å². The molecule has 0 fully saturated rings. The standard InChI is InChI=1S/C11H16N4/c1-4-9-6-15-7-12-5-10(8(2)3)11(15)14-13-9/h5,7-8H,4,6H2,1-3H3. The average molecular weight is 204 g/mol. The molecular formula is C11H16N4. The molecule has 0 amide bonds. The number of nitrogens with zero attached hydrogens (tertiary/aromatic N) is 4. The summed E-state index contributed by atoms with van der Waals surface area (Å²) in [5.41, 5.74) is 2.27. The van der Waals surface area contributed by atoms with Crippen LogP contribution in [0, 0.1) is 5.92 Å². The molecule has 2 heterocycles. The SMILES string of the molecule is CCC1=NN=C2C(C(C)C)=CN=CN2C1. The first-order valence-corrected chi connectivity index (χ1v) is 5.36. The van der Waals surface area contributed by atoms with Crippen LogP contribution in [0.25, 0.3) is 0 Å². The first-order chi connectivity index (χ1) is 7.22. The minimum Gasteiger partial charge on any atom is -0.310 e. The van der Waals surface area contributed by atoms with E-state index < -0.39 is 0 Å². The lowest BCUT2D eigenvalue weighted by Gasteiger charge is -2.29. The molecule has 0 saturated heterocycles. The van der Waals surface area contributed by atoms with Crippen molar-refractivity contribution in [1.82, 2.24) is 4.90 Å². The topological polar surface area (TPSA) is 40.3 Å². The zero-order valence-electron chi connectivity index (χ0n) is 9.44. The molecule has 0 aliphatic carbocycles. The molecule has 0 bridgehead atoms. The van der Waals surface area contributed by atoms with Crippen LogP contribution in [0.5, 0.6) is 0 Å². The molecule has 2 aliphatic rings. The fraction of sp³-hybridized carbons (Fsp3) is 0.545. The second-order valence-corrected chi connectivity index (χ2v) is 4.07. The van der Waals surface area contributed by atoms with Crippen molar-refractivity contribution in [1.29, 1.82) is 0 Å². The van der Waals surface area contributed by atoms with Gasteiger partial charge in [0.2, 0.25) is 0 Å². The van der Waals surface area contributed by atoms with Gasteiger partial charge in [-0.25, -0.2) is 4.99 Å². The van der Waals surface area contributed by atoms with E-state index in [4.69, 9.17) is 0 Å². The molecule has 4 nitrogen and oxygen atoms in total. The van der Waals surface area contributed by atoms with E-state index in [2.05, 4.69) is 40.9 Å². The summed E-state index contributed by atoms with van der Waals surface area (Å²) in [5, 5.41) is 8.50. The van der Waals surface area contributed by atoms with Crippen LogP contribution >= 0.6 is 0 Å². The maximum absolute atomic E-state index is 4.28. The van der Waals surface area contributed by atoms with Crippen molar-refractivity contribution in [3.63, 3.8) is 0 Å². The molecule has 15 heavy (non-hydrogen) atoms. The molecule has 0 aromatic heterocycles. The van der Waals surface area contributed by atoms with E-state index in [1.54, 1.807) is 0 Å². The Bertz CT molecular complexity index is 374. The number of hydrogen-bond acceptors (Lipinski definition) is 4. The summed E-state index contributed by atoms with van der Waals surface area (Å²) >= 11 is 0. The van der Waals surface area contributed by atoms with E-state index in [-0.39, 0.29) is 0 Å². The third kappa shape index (κ3) is 1.84. The van der Waals surface area contributed by atoms with Crippen molar-refractivity contribution < 1.29 is 0 Å². The number of amidine groups is 1. The minimum absolute atomic E-state index is 0.432. The van der Waals surface area contributed by atoms with Gasteiger partial charge in [0.15, 0.2) is 5.84 Å². The monoisotopic (exact) mass is 204 g/mol. The summed E-state index contributed by atoms with van der Waals surface area (Å²) < 4.78 is 0. The van der Waals surface area contributed by atoms with Crippen molar-refractivity contribution in [3.05, 3.63) is 11.8 Å². The van der Waals surface area contributed by atoms with Gasteiger partial charge in [-0.1, -0.05) is 20.8 Å². The summed E-state index contributed by atoms with van der Waals surface area (Å²) in [5.74, 6) is 1.39. The van der Waals surface area contributed by atoms with Gasteiger partial charge < -0.3 is 4.90 Å². The Morgan fingerprint density at radius 2 is 2.20 bits per heavy atom. The van der Waals surface area contributed by atoms with E-state index in [1.807, 2.05) is 12.5 Å². The van der Waals surface area contributed by atoms with Gasteiger partial charge in [0, 0.05) is 11.8 Å². The fourth-order valence-electron chi connectivity index (χ4n) is 1.64. The summed E-state index contributed by atoms with van der Waals surface area (Å²) in [4.78, 5) is 6.31. The molecule has 0 aromatic carbocycles. The van der Waals surface area contributed by atoms with Crippen LogP contribution < -0.4 is 0 Å². The van der Waals surface area contributed by atoms with Crippen LogP contribution in [0.3, 0.4) is 0 Å². The van der Waals surface area contributed by atoms with Crippen molar-refractivity contribution in [2.24, 2.45) is 21.1 Å². The third-order valence-corrected chi connectivity index (χ3v) is 2.62. The Morgan fingerprint density at radius 3 is 2.87 bits per heavy atom. The van der Waals surface area contributed by atoms with Gasteiger partial charge in [-0.05, 0) is 12.3 Å². The number of rotatable bonds is 2. The summed E-state index contributed by atoms with van der Waals surface area (Å²) in [6, 6.07) is 0. The van der Waals surface area contributed by atoms with Crippen LogP contribution in [0.2, 0.25) is 0 Å². The van der Waals surface area contributed by atoms with Crippen molar-refractivity contribution in [3.8, 4) is 0 Å². The number of aliphatic imine (C=N–C) groups is 1.